The number of hydrogen-bond donors (Lipinski definition) is 0. The van der Waals surface area contributed by atoms with Crippen molar-refractivity contribution in [3.05, 3.63) is 59.7 Å². The summed E-state index contributed by atoms with van der Waals surface area (Å²) < 4.78 is 18.6. The van der Waals surface area contributed by atoms with E-state index >= 15 is 0 Å². The van der Waals surface area contributed by atoms with E-state index in [2.05, 4.69) is 79.7 Å². The SMILES string of the molecule is CCCCC(CC)COP(Oc1ccc(C(C)(C)C)cc1)Oc1ccc(C(C)(C)C)cc1. The van der Waals surface area contributed by atoms with Crippen molar-refractivity contribution in [1.82, 2.24) is 0 Å². The van der Waals surface area contributed by atoms with Crippen LogP contribution < -0.4 is 9.05 Å². The predicted octanol–water partition coefficient (Wildman–Crippen LogP) is 9.20. The van der Waals surface area contributed by atoms with Crippen molar-refractivity contribution in [2.75, 3.05) is 6.61 Å². The summed E-state index contributed by atoms with van der Waals surface area (Å²) in [4.78, 5) is 0. The first-order chi connectivity index (χ1) is 15.0. The molecule has 0 aliphatic carbocycles. The Morgan fingerprint density at radius 1 is 0.719 bits per heavy atom. The van der Waals surface area contributed by atoms with Crippen molar-refractivity contribution in [1.29, 1.82) is 0 Å². The van der Waals surface area contributed by atoms with Gasteiger partial charge >= 0.3 is 8.60 Å². The van der Waals surface area contributed by atoms with Crippen LogP contribution in [0.5, 0.6) is 11.5 Å². The van der Waals surface area contributed by atoms with Gasteiger partial charge in [0, 0.05) is 0 Å². The first kappa shape index (κ1) is 26.7. The van der Waals surface area contributed by atoms with Crippen LogP contribution in [0.25, 0.3) is 0 Å². The van der Waals surface area contributed by atoms with Crippen LogP contribution in [-0.4, -0.2) is 6.61 Å². The highest BCUT2D eigenvalue weighted by Gasteiger charge is 2.21. The van der Waals surface area contributed by atoms with Crippen molar-refractivity contribution in [2.45, 2.75) is 91.9 Å². The van der Waals surface area contributed by atoms with Gasteiger partial charge in [0.05, 0.1) is 6.61 Å². The lowest BCUT2D eigenvalue weighted by atomic mass is 9.87. The molecule has 3 nitrogen and oxygen atoms in total. The summed E-state index contributed by atoms with van der Waals surface area (Å²) in [5.41, 5.74) is 2.77. The molecule has 0 aliphatic rings. The molecule has 2 aromatic rings. The van der Waals surface area contributed by atoms with Gasteiger partial charge in [0.25, 0.3) is 0 Å². The van der Waals surface area contributed by atoms with Crippen molar-refractivity contribution >= 4 is 8.60 Å². The maximum Gasteiger partial charge on any atom is 0.463 e. The molecule has 0 bridgehead atoms. The standard InChI is InChI=1S/C28H43O3P/c1-9-11-12-22(10-2)21-29-32(30-25-17-13-23(14-18-25)27(3,4)5)31-26-19-15-24(16-20-26)28(6,7)8/h13-20,22H,9-12,21H2,1-8H3. The molecule has 0 N–H and O–H groups in total. The van der Waals surface area contributed by atoms with Gasteiger partial charge in [-0.1, -0.05) is 98.9 Å². The van der Waals surface area contributed by atoms with E-state index in [1.54, 1.807) is 0 Å². The lowest BCUT2D eigenvalue weighted by molar-refractivity contribution is 0.208. The van der Waals surface area contributed by atoms with E-state index in [-0.39, 0.29) is 10.8 Å². The van der Waals surface area contributed by atoms with E-state index in [1.165, 1.54) is 30.4 Å². The molecule has 0 heterocycles. The maximum absolute atomic E-state index is 6.22. The zero-order chi connectivity index (χ0) is 23.8. The molecule has 178 valence electrons. The van der Waals surface area contributed by atoms with Crippen molar-refractivity contribution in [3.63, 3.8) is 0 Å². The zero-order valence-corrected chi connectivity index (χ0v) is 22.3. The van der Waals surface area contributed by atoms with Gasteiger partial charge in [-0.2, -0.15) is 0 Å². The Morgan fingerprint density at radius 3 is 1.50 bits per heavy atom. The average Bonchev–Trinajstić information content (AvgIpc) is 2.73. The molecular weight excluding hydrogens is 415 g/mol. The van der Waals surface area contributed by atoms with Crippen LogP contribution in [0.15, 0.2) is 48.5 Å². The molecule has 0 spiro atoms. The fraction of sp³-hybridized carbons (Fsp3) is 0.571. The van der Waals surface area contributed by atoms with Crippen LogP contribution in [0, 0.1) is 5.92 Å². The summed E-state index contributed by atoms with van der Waals surface area (Å²) in [5, 5.41) is 0. The Labute approximate surface area is 197 Å². The largest absolute Gasteiger partial charge is 0.463 e. The minimum atomic E-state index is -1.54. The third-order valence-electron chi connectivity index (χ3n) is 5.76. The summed E-state index contributed by atoms with van der Waals surface area (Å²) in [6.45, 7) is 18.4. The smallest absolute Gasteiger partial charge is 0.418 e. The third kappa shape index (κ3) is 8.75. The summed E-state index contributed by atoms with van der Waals surface area (Å²) in [7, 11) is -1.54. The van der Waals surface area contributed by atoms with Crippen LogP contribution in [0.1, 0.15) is 92.2 Å². The van der Waals surface area contributed by atoms with E-state index in [0.717, 1.165) is 17.9 Å². The fourth-order valence-electron chi connectivity index (χ4n) is 3.34. The molecule has 0 fully saturated rings. The van der Waals surface area contributed by atoms with Gasteiger partial charge < -0.3 is 9.05 Å². The van der Waals surface area contributed by atoms with Gasteiger partial charge in [-0.15, -0.1) is 0 Å². The highest BCUT2D eigenvalue weighted by molar-refractivity contribution is 7.42. The Hall–Kier alpha value is -1.57. The van der Waals surface area contributed by atoms with E-state index in [0.29, 0.717) is 12.5 Å². The van der Waals surface area contributed by atoms with E-state index in [4.69, 9.17) is 13.6 Å². The minimum absolute atomic E-state index is 0.110. The highest BCUT2D eigenvalue weighted by atomic mass is 31.2. The molecule has 0 aromatic heterocycles. The van der Waals surface area contributed by atoms with E-state index < -0.39 is 8.60 Å². The Kier molecular flexibility index (Phi) is 10.0. The molecule has 1 atom stereocenters. The average molecular weight is 459 g/mol. The van der Waals surface area contributed by atoms with E-state index in [9.17, 15) is 0 Å². The Bertz CT molecular complexity index is 726. The molecule has 0 saturated carbocycles. The predicted molar refractivity (Wildman–Crippen MR) is 138 cm³/mol. The molecule has 0 saturated heterocycles. The van der Waals surface area contributed by atoms with Gasteiger partial charge in [0.1, 0.15) is 11.5 Å². The second-order valence-electron chi connectivity index (χ2n) is 10.7. The topological polar surface area (TPSA) is 27.7 Å². The number of hydrogen-bond acceptors (Lipinski definition) is 3. The van der Waals surface area contributed by atoms with Crippen molar-refractivity contribution in [3.8, 4) is 11.5 Å². The van der Waals surface area contributed by atoms with Crippen LogP contribution in [-0.2, 0) is 15.4 Å². The first-order valence-corrected chi connectivity index (χ1v) is 13.1. The van der Waals surface area contributed by atoms with Crippen LogP contribution in [0.2, 0.25) is 0 Å². The van der Waals surface area contributed by atoms with Crippen molar-refractivity contribution in [2.24, 2.45) is 5.92 Å². The molecule has 2 rings (SSSR count). The molecule has 4 heteroatoms. The second-order valence-corrected chi connectivity index (χ2v) is 11.7. The van der Waals surface area contributed by atoms with Gasteiger partial charge in [0.15, 0.2) is 0 Å². The van der Waals surface area contributed by atoms with Crippen LogP contribution >= 0.6 is 8.60 Å². The molecule has 0 aliphatic heterocycles. The summed E-state index contributed by atoms with van der Waals surface area (Å²) in [6, 6.07) is 16.5. The Balaban J connectivity index is 2.13. The number of rotatable bonds is 11. The first-order valence-electron chi connectivity index (χ1n) is 12.0. The molecule has 32 heavy (non-hydrogen) atoms. The Morgan fingerprint density at radius 2 is 1.16 bits per heavy atom. The van der Waals surface area contributed by atoms with Crippen molar-refractivity contribution < 1.29 is 13.6 Å². The summed E-state index contributed by atoms with van der Waals surface area (Å²) in [6.07, 6.45) is 4.71. The zero-order valence-electron chi connectivity index (χ0n) is 21.4. The van der Waals surface area contributed by atoms with Crippen LogP contribution in [0.4, 0.5) is 0 Å². The van der Waals surface area contributed by atoms with Gasteiger partial charge in [-0.05, 0) is 58.6 Å². The fourth-order valence-corrected chi connectivity index (χ4v) is 4.40. The monoisotopic (exact) mass is 458 g/mol. The maximum atomic E-state index is 6.22. The number of unbranched alkanes of at least 4 members (excludes halogenated alkanes) is 1. The molecule has 1 unspecified atom stereocenters. The molecule has 0 radical (unpaired) electrons. The van der Waals surface area contributed by atoms with Gasteiger partial charge in [-0.3, -0.25) is 4.52 Å². The quantitative estimate of drug-likeness (QED) is 0.314. The minimum Gasteiger partial charge on any atom is -0.418 e. The molecule has 0 amide bonds. The second kappa shape index (κ2) is 12.1. The number of benzene rings is 2. The molecule has 2 aromatic carbocycles. The van der Waals surface area contributed by atoms with E-state index in [1.807, 2.05) is 24.3 Å². The van der Waals surface area contributed by atoms with Gasteiger partial charge in [0.2, 0.25) is 0 Å². The summed E-state index contributed by atoms with van der Waals surface area (Å²) in [5.74, 6) is 2.08. The lowest BCUT2D eigenvalue weighted by Gasteiger charge is -2.23. The third-order valence-corrected chi connectivity index (χ3v) is 6.84. The lowest BCUT2D eigenvalue weighted by Crippen LogP contribution is -2.12. The molecular formula is C28H43O3P. The highest BCUT2D eigenvalue weighted by Crippen LogP contribution is 2.43. The normalized spacial score (nSPS) is 13.3. The van der Waals surface area contributed by atoms with Crippen LogP contribution in [0.3, 0.4) is 0 Å². The summed E-state index contributed by atoms with van der Waals surface area (Å²) >= 11 is 0. The van der Waals surface area contributed by atoms with Gasteiger partial charge in [-0.25, -0.2) is 0 Å².